The van der Waals surface area contributed by atoms with Crippen LogP contribution in [0.3, 0.4) is 0 Å². The van der Waals surface area contributed by atoms with E-state index in [1.807, 2.05) is 71.1 Å². The van der Waals surface area contributed by atoms with Crippen molar-refractivity contribution in [1.82, 2.24) is 19.9 Å². The third kappa shape index (κ3) is 7.47. The highest BCUT2D eigenvalue weighted by molar-refractivity contribution is 6.36. The Bertz CT molecular complexity index is 1130. The maximum Gasteiger partial charge on any atom is 0.139 e. The minimum atomic E-state index is 0.534. The zero-order valence-corrected chi connectivity index (χ0v) is 21.8. The van der Waals surface area contributed by atoms with E-state index in [2.05, 4.69) is 25.6 Å². The van der Waals surface area contributed by atoms with E-state index >= 15 is 0 Å². The van der Waals surface area contributed by atoms with Gasteiger partial charge in [-0.15, -0.1) is 0 Å². The Balaban J connectivity index is 0.000000970. The van der Waals surface area contributed by atoms with Crippen LogP contribution in [0, 0.1) is 6.92 Å². The summed E-state index contributed by atoms with van der Waals surface area (Å²) in [6, 6.07) is 13.3. The molecular weight excluding hydrogens is 467 g/mol. The van der Waals surface area contributed by atoms with Gasteiger partial charge in [-0.2, -0.15) is 0 Å². The molecule has 0 unspecified atom stereocenters. The highest BCUT2D eigenvalue weighted by Crippen LogP contribution is 2.35. The molecule has 0 aliphatic carbocycles. The van der Waals surface area contributed by atoms with Gasteiger partial charge in [-0.3, -0.25) is 0 Å². The number of nitrogens with zero attached hydrogens (tertiary/aromatic N) is 3. The number of benzene rings is 1. The monoisotopic (exact) mass is 498 g/mol. The van der Waals surface area contributed by atoms with Gasteiger partial charge in [-0.1, -0.05) is 57.0 Å². The summed E-state index contributed by atoms with van der Waals surface area (Å²) < 4.78 is 0. The highest BCUT2D eigenvalue weighted by atomic mass is 35.5. The van der Waals surface area contributed by atoms with E-state index in [1.165, 1.54) is 0 Å². The van der Waals surface area contributed by atoms with E-state index in [9.17, 15) is 0 Å². The second-order valence-electron chi connectivity index (χ2n) is 6.73. The van der Waals surface area contributed by atoms with Gasteiger partial charge < -0.3 is 15.6 Å². The molecule has 0 aliphatic heterocycles. The molecule has 8 heteroatoms. The summed E-state index contributed by atoms with van der Waals surface area (Å²) in [6.45, 7) is 11.4. The molecule has 0 radical (unpaired) electrons. The molecule has 0 saturated heterocycles. The standard InChI is InChI=1S/C22H20Cl2N6.2C2H6/c1-14-2-6-19(29-13-14)25-8-9-26-20-7-5-17(22-27-10-11-28-22)21(30-20)16-4-3-15(23)12-18(16)24;2*1-2/h2-7,10-13H,8-9H2,1H3,(H,25,29)(H,26,30)(H,27,28);2*1-2H3. The lowest BCUT2D eigenvalue weighted by atomic mass is 10.0. The molecule has 4 rings (SSSR count). The van der Waals surface area contributed by atoms with E-state index in [1.54, 1.807) is 24.5 Å². The lowest BCUT2D eigenvalue weighted by Gasteiger charge is -2.13. The van der Waals surface area contributed by atoms with E-state index in [4.69, 9.17) is 28.2 Å². The molecule has 4 aromatic rings. The van der Waals surface area contributed by atoms with Gasteiger partial charge in [-0.05, 0) is 48.9 Å². The Kier molecular flexibility index (Phi) is 11.4. The molecule has 0 aliphatic rings. The average molecular weight is 499 g/mol. The van der Waals surface area contributed by atoms with Crippen LogP contribution in [0.2, 0.25) is 10.0 Å². The normalized spacial score (nSPS) is 9.85. The van der Waals surface area contributed by atoms with Gasteiger partial charge in [0, 0.05) is 47.8 Å². The van der Waals surface area contributed by atoms with Crippen molar-refractivity contribution in [3.63, 3.8) is 0 Å². The largest absolute Gasteiger partial charge is 0.368 e. The molecule has 0 saturated carbocycles. The van der Waals surface area contributed by atoms with Gasteiger partial charge in [0.15, 0.2) is 0 Å². The van der Waals surface area contributed by atoms with Crippen molar-refractivity contribution < 1.29 is 0 Å². The van der Waals surface area contributed by atoms with Gasteiger partial charge in [0.05, 0.1) is 10.7 Å². The predicted molar refractivity (Wildman–Crippen MR) is 146 cm³/mol. The van der Waals surface area contributed by atoms with Gasteiger partial charge in [0.25, 0.3) is 0 Å². The van der Waals surface area contributed by atoms with E-state index in [0.29, 0.717) is 23.1 Å². The molecule has 0 atom stereocenters. The Morgan fingerprint density at radius 3 is 2.12 bits per heavy atom. The molecule has 34 heavy (non-hydrogen) atoms. The van der Waals surface area contributed by atoms with Crippen LogP contribution in [-0.2, 0) is 0 Å². The first-order chi connectivity index (χ1) is 16.6. The number of nitrogens with one attached hydrogen (secondary N) is 3. The first kappa shape index (κ1) is 27.2. The number of aryl methyl sites for hydroxylation is 1. The number of aromatic amines is 1. The fraction of sp³-hybridized carbons (Fsp3) is 0.269. The summed E-state index contributed by atoms with van der Waals surface area (Å²) in [5, 5.41) is 7.74. The lowest BCUT2D eigenvalue weighted by Crippen LogP contribution is -2.15. The van der Waals surface area contributed by atoms with E-state index in [0.717, 1.165) is 39.8 Å². The molecule has 180 valence electrons. The number of imidazole rings is 1. The van der Waals surface area contributed by atoms with Crippen LogP contribution >= 0.6 is 23.2 Å². The Hall–Kier alpha value is -3.09. The minimum absolute atomic E-state index is 0.534. The van der Waals surface area contributed by atoms with Crippen molar-refractivity contribution in [2.45, 2.75) is 34.6 Å². The smallest absolute Gasteiger partial charge is 0.139 e. The summed E-state index contributed by atoms with van der Waals surface area (Å²) in [7, 11) is 0. The average Bonchev–Trinajstić information content (AvgIpc) is 3.40. The number of aromatic nitrogens is 4. The topological polar surface area (TPSA) is 78.5 Å². The Labute approximate surface area is 212 Å². The molecule has 3 heterocycles. The van der Waals surface area contributed by atoms with Crippen LogP contribution in [-0.4, -0.2) is 33.0 Å². The molecule has 3 aromatic heterocycles. The zero-order valence-electron chi connectivity index (χ0n) is 20.3. The molecule has 0 amide bonds. The van der Waals surface area contributed by atoms with Crippen LogP contribution in [0.4, 0.5) is 11.6 Å². The van der Waals surface area contributed by atoms with Crippen LogP contribution in [0.15, 0.2) is 61.1 Å². The second kappa shape index (κ2) is 14.2. The number of rotatable bonds is 7. The van der Waals surface area contributed by atoms with Crippen LogP contribution in [0.25, 0.3) is 22.6 Å². The van der Waals surface area contributed by atoms with Crippen molar-refractivity contribution in [2.75, 3.05) is 23.7 Å². The predicted octanol–water partition coefficient (Wildman–Crippen LogP) is 7.73. The summed E-state index contributed by atoms with van der Waals surface area (Å²) in [6.07, 6.45) is 5.33. The van der Waals surface area contributed by atoms with Crippen LogP contribution in [0.1, 0.15) is 33.3 Å². The molecule has 3 N–H and O–H groups in total. The van der Waals surface area contributed by atoms with Crippen molar-refractivity contribution in [3.8, 4) is 22.6 Å². The van der Waals surface area contributed by atoms with E-state index < -0.39 is 0 Å². The number of halogens is 2. The fourth-order valence-electron chi connectivity index (χ4n) is 3.00. The molecule has 1 aromatic carbocycles. The van der Waals surface area contributed by atoms with Crippen molar-refractivity contribution in [3.05, 3.63) is 76.7 Å². The van der Waals surface area contributed by atoms with Crippen molar-refractivity contribution in [1.29, 1.82) is 0 Å². The third-order valence-corrected chi connectivity index (χ3v) is 5.03. The quantitative estimate of drug-likeness (QED) is 0.227. The van der Waals surface area contributed by atoms with Crippen molar-refractivity contribution in [2.24, 2.45) is 0 Å². The van der Waals surface area contributed by atoms with Gasteiger partial charge in [0.2, 0.25) is 0 Å². The Morgan fingerprint density at radius 2 is 1.50 bits per heavy atom. The van der Waals surface area contributed by atoms with Crippen LogP contribution in [0.5, 0.6) is 0 Å². The number of H-pyrrole nitrogens is 1. The Morgan fingerprint density at radius 1 is 0.824 bits per heavy atom. The molecule has 0 bridgehead atoms. The first-order valence-corrected chi connectivity index (χ1v) is 12.2. The second-order valence-corrected chi connectivity index (χ2v) is 7.57. The maximum atomic E-state index is 6.46. The fourth-order valence-corrected chi connectivity index (χ4v) is 3.50. The van der Waals surface area contributed by atoms with Gasteiger partial charge in [-0.25, -0.2) is 15.0 Å². The third-order valence-electron chi connectivity index (χ3n) is 4.48. The summed E-state index contributed by atoms with van der Waals surface area (Å²) >= 11 is 12.5. The van der Waals surface area contributed by atoms with Gasteiger partial charge >= 0.3 is 0 Å². The highest BCUT2D eigenvalue weighted by Gasteiger charge is 2.15. The summed E-state index contributed by atoms with van der Waals surface area (Å²) in [5.41, 5.74) is 3.51. The number of hydrogen-bond donors (Lipinski definition) is 3. The summed E-state index contributed by atoms with van der Waals surface area (Å²) in [4.78, 5) is 16.6. The zero-order chi connectivity index (χ0) is 24.9. The summed E-state index contributed by atoms with van der Waals surface area (Å²) in [5.74, 6) is 2.31. The first-order valence-electron chi connectivity index (χ1n) is 11.5. The van der Waals surface area contributed by atoms with Gasteiger partial charge in [0.1, 0.15) is 17.5 Å². The van der Waals surface area contributed by atoms with Crippen LogP contribution < -0.4 is 10.6 Å². The SMILES string of the molecule is CC.CC.Cc1ccc(NCCNc2ccc(-c3ncc[nH]3)c(-c3ccc(Cl)cc3Cl)n2)nc1. The number of pyridine rings is 2. The number of anilines is 2. The van der Waals surface area contributed by atoms with Crippen molar-refractivity contribution >= 4 is 34.8 Å². The molecule has 0 fully saturated rings. The molecule has 0 spiro atoms. The molecule has 6 nitrogen and oxygen atoms in total. The lowest BCUT2D eigenvalue weighted by molar-refractivity contribution is 1.04. The maximum absolute atomic E-state index is 6.46. The van der Waals surface area contributed by atoms with E-state index in [-0.39, 0.29) is 0 Å². The molecular formula is C26H32Cl2N6. The number of hydrogen-bond acceptors (Lipinski definition) is 5. The minimum Gasteiger partial charge on any atom is -0.368 e.